The molecule has 5 nitrogen and oxygen atoms in total. The van der Waals surface area contributed by atoms with Crippen molar-refractivity contribution in [3.63, 3.8) is 0 Å². The van der Waals surface area contributed by atoms with Gasteiger partial charge in [0.1, 0.15) is 5.65 Å². The Hall–Kier alpha value is -2.37. The number of aliphatic hydroxyl groups is 1. The molecule has 0 aliphatic heterocycles. The van der Waals surface area contributed by atoms with Crippen LogP contribution in [0.5, 0.6) is 0 Å². The minimum Gasteiger partial charge on any atom is -0.387 e. The molecule has 3 aromatic rings. The summed E-state index contributed by atoms with van der Waals surface area (Å²) < 4.78 is 1.99. The van der Waals surface area contributed by atoms with Crippen LogP contribution in [0.2, 0.25) is 0 Å². The standard InChI is InChI=1S/C18H21N3O2/c1-20(2)12-16(23)14-11-21(10-13-6-4-3-5-7-13)18-17(14)15(22)8-9-19-18/h3-9,11,16,23H,10,12H2,1-2H3,(H,19,22). The van der Waals surface area contributed by atoms with Gasteiger partial charge in [-0.05, 0) is 19.7 Å². The summed E-state index contributed by atoms with van der Waals surface area (Å²) in [6.45, 7) is 1.12. The maximum atomic E-state index is 12.3. The molecule has 0 saturated heterocycles. The SMILES string of the molecule is CN(C)CC(O)c1cn(Cc2ccccc2)c2[nH]ccc(=O)c12. The van der Waals surface area contributed by atoms with E-state index in [1.807, 2.05) is 60.1 Å². The largest absolute Gasteiger partial charge is 0.387 e. The fourth-order valence-corrected chi connectivity index (χ4v) is 2.87. The second kappa shape index (κ2) is 6.40. The second-order valence-corrected chi connectivity index (χ2v) is 6.04. The third-order valence-corrected chi connectivity index (χ3v) is 3.90. The summed E-state index contributed by atoms with van der Waals surface area (Å²) in [4.78, 5) is 17.3. The third kappa shape index (κ3) is 3.21. The fourth-order valence-electron chi connectivity index (χ4n) is 2.87. The van der Waals surface area contributed by atoms with Gasteiger partial charge in [0.05, 0.1) is 11.5 Å². The Kier molecular flexibility index (Phi) is 4.32. The Bertz CT molecular complexity index is 850. The van der Waals surface area contributed by atoms with Crippen molar-refractivity contribution in [3.8, 4) is 0 Å². The van der Waals surface area contributed by atoms with Crippen LogP contribution in [0.4, 0.5) is 0 Å². The predicted molar refractivity (Wildman–Crippen MR) is 91.6 cm³/mol. The van der Waals surface area contributed by atoms with Crippen LogP contribution in [-0.4, -0.2) is 40.2 Å². The quantitative estimate of drug-likeness (QED) is 0.757. The fraction of sp³-hybridized carbons (Fsp3) is 0.278. The third-order valence-electron chi connectivity index (χ3n) is 3.90. The lowest BCUT2D eigenvalue weighted by Crippen LogP contribution is -2.20. The van der Waals surface area contributed by atoms with E-state index in [0.29, 0.717) is 24.0 Å². The van der Waals surface area contributed by atoms with Gasteiger partial charge >= 0.3 is 0 Å². The molecule has 0 aliphatic carbocycles. The van der Waals surface area contributed by atoms with E-state index in [-0.39, 0.29) is 5.43 Å². The Morgan fingerprint density at radius 1 is 1.22 bits per heavy atom. The molecule has 1 atom stereocenters. The normalized spacial score (nSPS) is 12.9. The number of nitrogens with one attached hydrogen (secondary N) is 1. The Morgan fingerprint density at radius 2 is 1.96 bits per heavy atom. The van der Waals surface area contributed by atoms with Crippen molar-refractivity contribution in [2.45, 2.75) is 12.6 Å². The van der Waals surface area contributed by atoms with Crippen molar-refractivity contribution in [2.24, 2.45) is 0 Å². The number of aromatic amines is 1. The van der Waals surface area contributed by atoms with Gasteiger partial charge in [-0.15, -0.1) is 0 Å². The zero-order valence-corrected chi connectivity index (χ0v) is 13.4. The molecule has 2 aromatic heterocycles. The molecule has 0 radical (unpaired) electrons. The van der Waals surface area contributed by atoms with Gasteiger partial charge in [-0.1, -0.05) is 30.3 Å². The summed E-state index contributed by atoms with van der Waals surface area (Å²) in [5, 5.41) is 11.1. The molecule has 1 unspecified atom stereocenters. The molecule has 0 spiro atoms. The molecule has 3 rings (SSSR count). The number of hydrogen-bond donors (Lipinski definition) is 2. The zero-order chi connectivity index (χ0) is 16.4. The van der Waals surface area contributed by atoms with Crippen molar-refractivity contribution in [3.05, 3.63) is 70.1 Å². The Balaban J connectivity index is 2.09. The molecule has 2 N–H and O–H groups in total. The molecule has 23 heavy (non-hydrogen) atoms. The van der Waals surface area contributed by atoms with Gasteiger partial charge in [-0.25, -0.2) is 0 Å². The smallest absolute Gasteiger partial charge is 0.191 e. The van der Waals surface area contributed by atoms with Crippen LogP contribution < -0.4 is 5.43 Å². The first-order chi connectivity index (χ1) is 11.1. The topological polar surface area (TPSA) is 61.3 Å². The van der Waals surface area contributed by atoms with Crippen molar-refractivity contribution in [1.29, 1.82) is 0 Å². The molecular formula is C18H21N3O2. The number of nitrogens with zero attached hydrogens (tertiary/aromatic N) is 2. The minimum atomic E-state index is -0.701. The van der Waals surface area contributed by atoms with Gasteiger partial charge in [0.2, 0.25) is 0 Å². The molecule has 1 aromatic carbocycles. The molecule has 5 heteroatoms. The number of rotatable bonds is 5. The highest BCUT2D eigenvalue weighted by Crippen LogP contribution is 2.24. The summed E-state index contributed by atoms with van der Waals surface area (Å²) in [7, 11) is 3.80. The van der Waals surface area contributed by atoms with Crippen LogP contribution in [-0.2, 0) is 6.54 Å². The first-order valence-corrected chi connectivity index (χ1v) is 7.63. The van der Waals surface area contributed by atoms with E-state index < -0.39 is 6.10 Å². The molecule has 2 heterocycles. The van der Waals surface area contributed by atoms with E-state index in [2.05, 4.69) is 4.98 Å². The monoisotopic (exact) mass is 311 g/mol. The van der Waals surface area contributed by atoms with Crippen LogP contribution in [0.3, 0.4) is 0 Å². The summed E-state index contributed by atoms with van der Waals surface area (Å²) in [5.41, 5.74) is 2.49. The van der Waals surface area contributed by atoms with Crippen LogP contribution >= 0.6 is 0 Å². The number of aromatic nitrogens is 2. The molecule has 0 bridgehead atoms. The van der Waals surface area contributed by atoms with Crippen LogP contribution in [0.25, 0.3) is 11.0 Å². The Labute approximate surface area is 134 Å². The summed E-state index contributed by atoms with van der Waals surface area (Å²) in [5.74, 6) is 0. The van der Waals surface area contributed by atoms with Gasteiger partial charge in [0.15, 0.2) is 5.43 Å². The Morgan fingerprint density at radius 3 is 2.65 bits per heavy atom. The van der Waals surface area contributed by atoms with Crippen molar-refractivity contribution >= 4 is 11.0 Å². The van der Waals surface area contributed by atoms with Gasteiger partial charge in [-0.2, -0.15) is 0 Å². The van der Waals surface area contributed by atoms with Gasteiger partial charge < -0.3 is 19.6 Å². The molecule has 120 valence electrons. The van der Waals surface area contributed by atoms with Crippen molar-refractivity contribution in [2.75, 3.05) is 20.6 Å². The van der Waals surface area contributed by atoms with Gasteiger partial charge in [0, 0.05) is 37.1 Å². The minimum absolute atomic E-state index is 0.0710. The molecule has 0 aliphatic rings. The lowest BCUT2D eigenvalue weighted by Gasteiger charge is -2.15. The number of H-pyrrole nitrogens is 1. The molecule has 0 fully saturated rings. The average molecular weight is 311 g/mol. The summed E-state index contributed by atoms with van der Waals surface area (Å²) in [6, 6.07) is 11.6. The van der Waals surface area contributed by atoms with Crippen molar-refractivity contribution < 1.29 is 5.11 Å². The highest BCUT2D eigenvalue weighted by Gasteiger charge is 2.19. The van der Waals surface area contributed by atoms with E-state index in [9.17, 15) is 9.90 Å². The first kappa shape index (κ1) is 15.5. The predicted octanol–water partition coefficient (Wildman–Crippen LogP) is 1.97. The number of aliphatic hydroxyl groups excluding tert-OH is 1. The maximum absolute atomic E-state index is 12.3. The average Bonchev–Trinajstić information content (AvgIpc) is 2.88. The zero-order valence-electron chi connectivity index (χ0n) is 13.4. The van der Waals surface area contributed by atoms with E-state index >= 15 is 0 Å². The molecular weight excluding hydrogens is 290 g/mol. The second-order valence-electron chi connectivity index (χ2n) is 6.04. The number of fused-ring (bicyclic) bond motifs is 1. The van der Waals surface area contributed by atoms with Crippen molar-refractivity contribution in [1.82, 2.24) is 14.5 Å². The number of hydrogen-bond acceptors (Lipinski definition) is 3. The highest BCUT2D eigenvalue weighted by molar-refractivity contribution is 5.80. The number of benzene rings is 1. The molecule has 0 amide bonds. The van der Waals surface area contributed by atoms with E-state index in [0.717, 1.165) is 11.2 Å². The number of pyridine rings is 1. The highest BCUT2D eigenvalue weighted by atomic mass is 16.3. The molecule has 0 saturated carbocycles. The van der Waals surface area contributed by atoms with E-state index in [1.165, 1.54) is 6.07 Å². The van der Waals surface area contributed by atoms with E-state index in [1.54, 1.807) is 6.20 Å². The van der Waals surface area contributed by atoms with Crippen LogP contribution in [0, 0.1) is 0 Å². The number of likely N-dealkylation sites (N-methyl/N-ethyl adjacent to an activating group) is 1. The summed E-state index contributed by atoms with van der Waals surface area (Å²) >= 11 is 0. The maximum Gasteiger partial charge on any atom is 0.191 e. The van der Waals surface area contributed by atoms with Gasteiger partial charge in [-0.3, -0.25) is 4.79 Å². The van der Waals surface area contributed by atoms with Gasteiger partial charge in [0.25, 0.3) is 0 Å². The van der Waals surface area contributed by atoms with Crippen LogP contribution in [0.15, 0.2) is 53.6 Å². The summed E-state index contributed by atoms with van der Waals surface area (Å²) in [6.07, 6.45) is 2.82. The first-order valence-electron chi connectivity index (χ1n) is 7.63. The lowest BCUT2D eigenvalue weighted by molar-refractivity contribution is 0.139. The lowest BCUT2D eigenvalue weighted by atomic mass is 10.1. The van der Waals surface area contributed by atoms with Crippen LogP contribution in [0.1, 0.15) is 17.2 Å². The van der Waals surface area contributed by atoms with E-state index in [4.69, 9.17) is 0 Å².